The van der Waals surface area contributed by atoms with E-state index in [-0.39, 0.29) is 24.5 Å². The quantitative estimate of drug-likeness (QED) is 0.798. The van der Waals surface area contributed by atoms with Crippen LogP contribution in [0.15, 0.2) is 42.6 Å². The lowest BCUT2D eigenvalue weighted by Crippen LogP contribution is -2.23. The molecule has 120 valence electrons. The van der Waals surface area contributed by atoms with E-state index in [2.05, 4.69) is 10.3 Å². The standard InChI is InChI=1S/C18H20N2O3/c1-13-3-6-15(7-4-13)16(21)8-9-17(22)19-11-14-5-10-18(23-2)20-12-14/h3-7,10,12H,8-9,11H2,1-2H3,(H,19,22). The molecule has 0 atom stereocenters. The van der Waals surface area contributed by atoms with Gasteiger partial charge in [0.2, 0.25) is 11.8 Å². The number of carbonyl (C=O) groups excluding carboxylic acids is 2. The van der Waals surface area contributed by atoms with E-state index in [1.807, 2.05) is 25.1 Å². The van der Waals surface area contributed by atoms with Gasteiger partial charge in [0, 0.05) is 37.2 Å². The number of rotatable bonds is 7. The lowest BCUT2D eigenvalue weighted by molar-refractivity contribution is -0.121. The number of hydrogen-bond acceptors (Lipinski definition) is 4. The van der Waals surface area contributed by atoms with Crippen molar-refractivity contribution in [1.29, 1.82) is 0 Å². The average Bonchev–Trinajstić information content (AvgIpc) is 2.59. The number of nitrogens with one attached hydrogen (secondary N) is 1. The molecule has 1 N–H and O–H groups in total. The molecule has 2 aromatic rings. The number of benzene rings is 1. The molecule has 1 amide bonds. The van der Waals surface area contributed by atoms with Gasteiger partial charge < -0.3 is 10.1 Å². The summed E-state index contributed by atoms with van der Waals surface area (Å²) in [6.07, 6.45) is 2.03. The topological polar surface area (TPSA) is 68.3 Å². The van der Waals surface area contributed by atoms with Crippen LogP contribution in [0.5, 0.6) is 5.88 Å². The van der Waals surface area contributed by atoms with E-state index in [9.17, 15) is 9.59 Å². The first-order chi connectivity index (χ1) is 11.1. The number of amides is 1. The Labute approximate surface area is 135 Å². The maximum Gasteiger partial charge on any atom is 0.220 e. The van der Waals surface area contributed by atoms with E-state index in [0.29, 0.717) is 18.0 Å². The number of aryl methyl sites for hydroxylation is 1. The molecule has 0 bridgehead atoms. The number of pyridine rings is 1. The third kappa shape index (κ3) is 5.21. The number of carbonyl (C=O) groups is 2. The van der Waals surface area contributed by atoms with Gasteiger partial charge in [-0.2, -0.15) is 0 Å². The molecular weight excluding hydrogens is 292 g/mol. The molecule has 5 nitrogen and oxygen atoms in total. The molecule has 0 aliphatic heterocycles. The fourth-order valence-corrected chi connectivity index (χ4v) is 2.04. The zero-order valence-electron chi connectivity index (χ0n) is 13.3. The van der Waals surface area contributed by atoms with E-state index in [1.54, 1.807) is 31.5 Å². The van der Waals surface area contributed by atoms with Gasteiger partial charge in [-0.1, -0.05) is 35.9 Å². The molecule has 0 aliphatic carbocycles. The number of methoxy groups -OCH3 is 1. The lowest BCUT2D eigenvalue weighted by atomic mass is 10.0. The largest absolute Gasteiger partial charge is 0.481 e. The van der Waals surface area contributed by atoms with E-state index >= 15 is 0 Å². The number of Topliss-reactive ketones (excluding diaryl/α,β-unsaturated/α-hetero) is 1. The first kappa shape index (κ1) is 16.7. The minimum atomic E-state index is -0.152. The van der Waals surface area contributed by atoms with Crippen molar-refractivity contribution in [3.63, 3.8) is 0 Å². The average molecular weight is 312 g/mol. The molecule has 0 saturated carbocycles. The van der Waals surface area contributed by atoms with E-state index < -0.39 is 0 Å². The van der Waals surface area contributed by atoms with Crippen molar-refractivity contribution in [3.05, 3.63) is 59.3 Å². The van der Waals surface area contributed by atoms with Gasteiger partial charge in [-0.25, -0.2) is 4.98 Å². The number of aromatic nitrogens is 1. The zero-order valence-corrected chi connectivity index (χ0v) is 13.3. The van der Waals surface area contributed by atoms with Crippen molar-refractivity contribution < 1.29 is 14.3 Å². The molecule has 23 heavy (non-hydrogen) atoms. The normalized spacial score (nSPS) is 10.2. The van der Waals surface area contributed by atoms with Crippen LogP contribution in [0.2, 0.25) is 0 Å². The zero-order chi connectivity index (χ0) is 16.7. The predicted molar refractivity (Wildman–Crippen MR) is 87.4 cm³/mol. The Balaban J connectivity index is 1.76. The second-order valence-corrected chi connectivity index (χ2v) is 5.27. The Morgan fingerprint density at radius 2 is 1.83 bits per heavy atom. The molecule has 0 radical (unpaired) electrons. The predicted octanol–water partition coefficient (Wildman–Crippen LogP) is 2.68. The lowest BCUT2D eigenvalue weighted by Gasteiger charge is -2.06. The van der Waals surface area contributed by atoms with Crippen molar-refractivity contribution in [2.45, 2.75) is 26.3 Å². The van der Waals surface area contributed by atoms with Crippen LogP contribution in [-0.4, -0.2) is 23.8 Å². The van der Waals surface area contributed by atoms with Gasteiger partial charge in [0.25, 0.3) is 0 Å². The molecule has 2 rings (SSSR count). The molecular formula is C18H20N2O3. The first-order valence-electron chi connectivity index (χ1n) is 7.44. The number of hydrogen-bond donors (Lipinski definition) is 1. The van der Waals surface area contributed by atoms with Gasteiger partial charge >= 0.3 is 0 Å². The summed E-state index contributed by atoms with van der Waals surface area (Å²) in [6, 6.07) is 10.9. The summed E-state index contributed by atoms with van der Waals surface area (Å²) in [5, 5.41) is 2.78. The fourth-order valence-electron chi connectivity index (χ4n) is 2.04. The molecule has 0 spiro atoms. The molecule has 0 unspecified atom stereocenters. The first-order valence-corrected chi connectivity index (χ1v) is 7.44. The Kier molecular flexibility index (Phi) is 5.86. The van der Waals surface area contributed by atoms with Crippen LogP contribution in [0.4, 0.5) is 0 Å². The van der Waals surface area contributed by atoms with Crippen molar-refractivity contribution in [2.75, 3.05) is 7.11 Å². The summed E-state index contributed by atoms with van der Waals surface area (Å²) in [5.74, 6) is 0.358. The monoisotopic (exact) mass is 312 g/mol. The fraction of sp³-hybridized carbons (Fsp3) is 0.278. The molecule has 1 aromatic heterocycles. The summed E-state index contributed by atoms with van der Waals surface area (Å²) in [5.41, 5.74) is 2.62. The van der Waals surface area contributed by atoms with E-state index in [4.69, 9.17) is 4.74 Å². The molecule has 0 aliphatic rings. The summed E-state index contributed by atoms with van der Waals surface area (Å²) in [4.78, 5) is 27.9. The van der Waals surface area contributed by atoms with Crippen LogP contribution in [0.25, 0.3) is 0 Å². The SMILES string of the molecule is COc1ccc(CNC(=O)CCC(=O)c2ccc(C)cc2)cn1. The third-order valence-electron chi connectivity index (χ3n) is 3.45. The number of ether oxygens (including phenoxy) is 1. The van der Waals surface area contributed by atoms with E-state index in [0.717, 1.165) is 11.1 Å². The highest BCUT2D eigenvalue weighted by Gasteiger charge is 2.09. The summed E-state index contributed by atoms with van der Waals surface area (Å²) >= 11 is 0. The third-order valence-corrected chi connectivity index (χ3v) is 3.45. The number of nitrogens with zero attached hydrogens (tertiary/aromatic N) is 1. The van der Waals surface area contributed by atoms with Crippen LogP contribution >= 0.6 is 0 Å². The van der Waals surface area contributed by atoms with Crippen molar-refractivity contribution >= 4 is 11.7 Å². The Morgan fingerprint density at radius 3 is 2.43 bits per heavy atom. The molecule has 0 fully saturated rings. The summed E-state index contributed by atoms with van der Waals surface area (Å²) in [7, 11) is 1.55. The maximum atomic E-state index is 12.0. The molecule has 1 heterocycles. The molecule has 0 saturated heterocycles. The highest BCUT2D eigenvalue weighted by atomic mass is 16.5. The second kappa shape index (κ2) is 8.08. The van der Waals surface area contributed by atoms with Crippen LogP contribution in [0.1, 0.15) is 34.3 Å². The van der Waals surface area contributed by atoms with Crippen LogP contribution in [-0.2, 0) is 11.3 Å². The van der Waals surface area contributed by atoms with Gasteiger partial charge in [-0.15, -0.1) is 0 Å². The van der Waals surface area contributed by atoms with Crippen molar-refractivity contribution in [3.8, 4) is 5.88 Å². The highest BCUT2D eigenvalue weighted by Crippen LogP contribution is 2.08. The minimum Gasteiger partial charge on any atom is -0.481 e. The summed E-state index contributed by atoms with van der Waals surface area (Å²) < 4.78 is 4.97. The Bertz CT molecular complexity index is 664. The Morgan fingerprint density at radius 1 is 1.09 bits per heavy atom. The van der Waals surface area contributed by atoms with Crippen molar-refractivity contribution in [2.24, 2.45) is 0 Å². The molecule has 5 heteroatoms. The second-order valence-electron chi connectivity index (χ2n) is 5.27. The van der Waals surface area contributed by atoms with Gasteiger partial charge in [0.05, 0.1) is 7.11 Å². The van der Waals surface area contributed by atoms with Crippen molar-refractivity contribution in [1.82, 2.24) is 10.3 Å². The minimum absolute atomic E-state index is 0.0220. The summed E-state index contributed by atoms with van der Waals surface area (Å²) in [6.45, 7) is 2.35. The highest BCUT2D eigenvalue weighted by molar-refractivity contribution is 5.97. The van der Waals surface area contributed by atoms with Gasteiger partial charge in [-0.3, -0.25) is 9.59 Å². The molecule has 1 aromatic carbocycles. The Hall–Kier alpha value is -2.69. The number of ketones is 1. The van der Waals surface area contributed by atoms with E-state index in [1.165, 1.54) is 0 Å². The van der Waals surface area contributed by atoms with Crippen LogP contribution in [0, 0.1) is 6.92 Å². The van der Waals surface area contributed by atoms with Gasteiger partial charge in [-0.05, 0) is 12.5 Å². The maximum absolute atomic E-state index is 12.0. The van der Waals surface area contributed by atoms with Crippen LogP contribution < -0.4 is 10.1 Å². The smallest absolute Gasteiger partial charge is 0.220 e. The van der Waals surface area contributed by atoms with Gasteiger partial charge in [0.1, 0.15) is 0 Å². The van der Waals surface area contributed by atoms with Gasteiger partial charge in [0.15, 0.2) is 5.78 Å². The van der Waals surface area contributed by atoms with Crippen LogP contribution in [0.3, 0.4) is 0 Å².